The van der Waals surface area contributed by atoms with Crippen LogP contribution < -0.4 is 9.64 Å². The number of hydrogen-bond acceptors (Lipinski definition) is 5. The molecule has 0 radical (unpaired) electrons. The lowest BCUT2D eigenvalue weighted by Gasteiger charge is -2.19. The average molecular weight is 333 g/mol. The number of benzene rings is 2. The molecule has 0 saturated carbocycles. The Bertz CT molecular complexity index is 1020. The van der Waals surface area contributed by atoms with Crippen LogP contribution in [0.1, 0.15) is 13.8 Å². The van der Waals surface area contributed by atoms with E-state index in [1.807, 2.05) is 48.5 Å². The van der Waals surface area contributed by atoms with Gasteiger partial charge in [0.1, 0.15) is 29.1 Å². The molecule has 0 bridgehead atoms. The van der Waals surface area contributed by atoms with Crippen molar-refractivity contribution >= 4 is 27.8 Å². The monoisotopic (exact) mass is 333 g/mol. The van der Waals surface area contributed by atoms with E-state index in [1.165, 1.54) is 6.33 Å². The smallest absolute Gasteiger partial charge is 0.224 e. The molecule has 0 aliphatic rings. The van der Waals surface area contributed by atoms with Gasteiger partial charge in [0.15, 0.2) is 0 Å². The van der Waals surface area contributed by atoms with E-state index in [0.29, 0.717) is 5.88 Å². The first-order valence-electron chi connectivity index (χ1n) is 8.44. The highest BCUT2D eigenvalue weighted by molar-refractivity contribution is 6.05. The van der Waals surface area contributed by atoms with Gasteiger partial charge in [0, 0.05) is 29.9 Å². The third-order valence-corrected chi connectivity index (χ3v) is 4.29. The maximum absolute atomic E-state index is 5.97. The molecule has 0 aliphatic carbocycles. The molecule has 0 spiro atoms. The Labute approximate surface area is 145 Å². The van der Waals surface area contributed by atoms with E-state index in [-0.39, 0.29) is 0 Å². The molecule has 0 unspecified atom stereocenters. The molecule has 2 aromatic carbocycles. The van der Waals surface area contributed by atoms with Crippen molar-refractivity contribution in [1.29, 1.82) is 0 Å². The summed E-state index contributed by atoms with van der Waals surface area (Å²) >= 11 is 0. The lowest BCUT2D eigenvalue weighted by atomic mass is 10.1. The molecule has 0 N–H and O–H groups in total. The highest BCUT2D eigenvalue weighted by atomic mass is 16.5. The summed E-state index contributed by atoms with van der Waals surface area (Å²) in [5.74, 6) is 2.12. The minimum absolute atomic E-state index is 0.532. The van der Waals surface area contributed by atoms with Crippen LogP contribution >= 0.6 is 0 Å². The molecule has 5 nitrogen and oxygen atoms in total. The zero-order chi connectivity index (χ0) is 17.2. The summed E-state index contributed by atoms with van der Waals surface area (Å²) in [6, 6.07) is 15.7. The molecule has 2 aromatic heterocycles. The molecule has 4 aromatic rings. The van der Waals surface area contributed by atoms with Gasteiger partial charge in [0.05, 0.1) is 0 Å². The van der Waals surface area contributed by atoms with Gasteiger partial charge >= 0.3 is 0 Å². The molecular weight excluding hydrogens is 314 g/mol. The number of anilines is 1. The molecule has 0 amide bonds. The summed E-state index contributed by atoms with van der Waals surface area (Å²) in [4.78, 5) is 10.7. The predicted molar refractivity (Wildman–Crippen MR) is 99.4 cm³/mol. The summed E-state index contributed by atoms with van der Waals surface area (Å²) in [6.07, 6.45) is 1.54. The Balaban J connectivity index is 1.69. The van der Waals surface area contributed by atoms with Crippen molar-refractivity contribution < 1.29 is 9.15 Å². The van der Waals surface area contributed by atoms with Crippen LogP contribution in [0.5, 0.6) is 11.6 Å². The summed E-state index contributed by atoms with van der Waals surface area (Å²) < 4.78 is 11.8. The number of hydrogen-bond donors (Lipinski definition) is 0. The summed E-state index contributed by atoms with van der Waals surface area (Å²) in [5.41, 5.74) is 1.72. The fourth-order valence-electron chi connectivity index (χ4n) is 3.00. The van der Waals surface area contributed by atoms with Crippen LogP contribution in [0.4, 0.5) is 5.82 Å². The van der Waals surface area contributed by atoms with Crippen molar-refractivity contribution in [1.82, 2.24) is 9.97 Å². The second kappa shape index (κ2) is 6.43. The van der Waals surface area contributed by atoms with E-state index in [1.54, 1.807) is 0 Å². The van der Waals surface area contributed by atoms with Crippen LogP contribution in [0.2, 0.25) is 0 Å². The maximum Gasteiger partial charge on any atom is 0.224 e. The van der Waals surface area contributed by atoms with E-state index in [2.05, 4.69) is 28.7 Å². The van der Waals surface area contributed by atoms with Crippen molar-refractivity contribution in [2.24, 2.45) is 0 Å². The van der Waals surface area contributed by atoms with Gasteiger partial charge in [-0.05, 0) is 38.1 Å². The largest absolute Gasteiger partial charge is 0.456 e. The van der Waals surface area contributed by atoms with Crippen LogP contribution in [0.25, 0.3) is 21.9 Å². The molecule has 126 valence electrons. The number of ether oxygens (including phenoxy) is 1. The number of nitrogens with zero attached hydrogens (tertiary/aromatic N) is 3. The van der Waals surface area contributed by atoms with Gasteiger partial charge in [-0.1, -0.05) is 18.2 Å². The fraction of sp³-hybridized carbons (Fsp3) is 0.200. The van der Waals surface area contributed by atoms with Gasteiger partial charge in [-0.2, -0.15) is 0 Å². The first-order valence-corrected chi connectivity index (χ1v) is 8.44. The lowest BCUT2D eigenvalue weighted by molar-refractivity contribution is 0.462. The first-order chi connectivity index (χ1) is 12.3. The zero-order valence-electron chi connectivity index (χ0n) is 14.3. The second-order valence-electron chi connectivity index (χ2n) is 5.74. The maximum atomic E-state index is 5.97. The minimum atomic E-state index is 0.532. The Morgan fingerprint density at radius 3 is 2.56 bits per heavy atom. The number of para-hydroxylation sites is 1. The Morgan fingerprint density at radius 2 is 1.72 bits per heavy atom. The van der Waals surface area contributed by atoms with E-state index >= 15 is 0 Å². The van der Waals surface area contributed by atoms with Crippen LogP contribution in [0.3, 0.4) is 0 Å². The molecule has 0 atom stereocenters. The van der Waals surface area contributed by atoms with E-state index < -0.39 is 0 Å². The Morgan fingerprint density at radius 1 is 0.920 bits per heavy atom. The van der Waals surface area contributed by atoms with Gasteiger partial charge < -0.3 is 14.1 Å². The van der Waals surface area contributed by atoms with E-state index in [0.717, 1.165) is 46.6 Å². The van der Waals surface area contributed by atoms with Crippen molar-refractivity contribution in [3.05, 3.63) is 54.9 Å². The second-order valence-corrected chi connectivity index (χ2v) is 5.74. The van der Waals surface area contributed by atoms with E-state index in [9.17, 15) is 0 Å². The van der Waals surface area contributed by atoms with Gasteiger partial charge in [-0.15, -0.1) is 0 Å². The molecule has 5 heteroatoms. The third-order valence-electron chi connectivity index (χ3n) is 4.29. The summed E-state index contributed by atoms with van der Waals surface area (Å²) in [5, 5.41) is 2.11. The SMILES string of the molecule is CCN(CC)c1cc(Oc2ccc3oc4ccccc4c3c2)ncn1. The van der Waals surface area contributed by atoms with E-state index in [4.69, 9.17) is 9.15 Å². The van der Waals surface area contributed by atoms with Crippen molar-refractivity contribution in [3.8, 4) is 11.6 Å². The zero-order valence-corrected chi connectivity index (χ0v) is 14.3. The molecule has 25 heavy (non-hydrogen) atoms. The van der Waals surface area contributed by atoms with Gasteiger partial charge in [-0.3, -0.25) is 0 Å². The number of rotatable bonds is 5. The molecule has 0 fully saturated rings. The molecule has 0 saturated heterocycles. The number of furan rings is 1. The Hall–Kier alpha value is -3.08. The van der Waals surface area contributed by atoms with Crippen molar-refractivity contribution in [2.75, 3.05) is 18.0 Å². The normalized spacial score (nSPS) is 11.1. The molecule has 4 rings (SSSR count). The molecular formula is C20H19N3O2. The number of aromatic nitrogens is 2. The van der Waals surface area contributed by atoms with Crippen LogP contribution in [0.15, 0.2) is 59.3 Å². The highest BCUT2D eigenvalue weighted by Gasteiger charge is 2.10. The van der Waals surface area contributed by atoms with Crippen molar-refractivity contribution in [2.45, 2.75) is 13.8 Å². The molecule has 2 heterocycles. The number of fused-ring (bicyclic) bond motifs is 3. The van der Waals surface area contributed by atoms with Gasteiger partial charge in [0.25, 0.3) is 0 Å². The van der Waals surface area contributed by atoms with Gasteiger partial charge in [-0.25, -0.2) is 9.97 Å². The summed E-state index contributed by atoms with van der Waals surface area (Å²) in [6.45, 7) is 5.98. The lowest BCUT2D eigenvalue weighted by Crippen LogP contribution is -2.22. The van der Waals surface area contributed by atoms with Crippen LogP contribution in [0, 0.1) is 0 Å². The average Bonchev–Trinajstić information content (AvgIpc) is 3.01. The molecule has 0 aliphatic heterocycles. The van der Waals surface area contributed by atoms with Crippen molar-refractivity contribution in [3.63, 3.8) is 0 Å². The predicted octanol–water partition coefficient (Wildman–Crippen LogP) is 5.01. The topological polar surface area (TPSA) is 51.4 Å². The summed E-state index contributed by atoms with van der Waals surface area (Å²) in [7, 11) is 0. The highest BCUT2D eigenvalue weighted by Crippen LogP contribution is 2.32. The van der Waals surface area contributed by atoms with Crippen LogP contribution in [-0.4, -0.2) is 23.1 Å². The van der Waals surface area contributed by atoms with Crippen LogP contribution in [-0.2, 0) is 0 Å². The minimum Gasteiger partial charge on any atom is -0.456 e. The van der Waals surface area contributed by atoms with Gasteiger partial charge in [0.2, 0.25) is 5.88 Å². The fourth-order valence-corrected chi connectivity index (χ4v) is 3.00. The first kappa shape index (κ1) is 15.4. The quantitative estimate of drug-likeness (QED) is 0.513. The standard InChI is InChI=1S/C20H19N3O2/c1-3-23(4-2)19-12-20(22-13-21-19)24-14-9-10-18-16(11-14)15-7-5-6-8-17(15)25-18/h5-13H,3-4H2,1-2H3. The Kier molecular flexibility index (Phi) is 3.98. The third kappa shape index (κ3) is 2.89.